The molecule has 0 aliphatic heterocycles. The first-order valence-electron chi connectivity index (χ1n) is 5.71. The van der Waals surface area contributed by atoms with Crippen molar-refractivity contribution in [2.45, 2.75) is 0 Å². The average molecular weight is 250 g/mol. The molecule has 0 unspecified atom stereocenters. The predicted molar refractivity (Wildman–Crippen MR) is 68.6 cm³/mol. The lowest BCUT2D eigenvalue weighted by Gasteiger charge is -2.12. The molecule has 1 heterocycles. The van der Waals surface area contributed by atoms with Gasteiger partial charge in [0.2, 0.25) is 0 Å². The van der Waals surface area contributed by atoms with Gasteiger partial charge in [0.05, 0.1) is 5.52 Å². The number of aromatic nitrogens is 1. The number of benzene rings is 1. The van der Waals surface area contributed by atoms with Crippen molar-refractivity contribution in [3.63, 3.8) is 0 Å². The molecular formula is C13H15FN2O2. The molecule has 2 aromatic rings. The number of aryl methyl sites for hydroxylation is 1. The lowest BCUT2D eigenvalue weighted by atomic mass is 10.2. The number of rotatable bonds is 4. The second kappa shape index (κ2) is 5.18. The lowest BCUT2D eigenvalue weighted by molar-refractivity contribution is 0.305. The third-order valence-electron chi connectivity index (χ3n) is 2.78. The zero-order valence-electron chi connectivity index (χ0n) is 10.4. The fourth-order valence-corrected chi connectivity index (χ4v) is 1.82. The van der Waals surface area contributed by atoms with Gasteiger partial charge in [0.15, 0.2) is 11.6 Å². The van der Waals surface area contributed by atoms with E-state index in [2.05, 4.69) is 5.32 Å². The van der Waals surface area contributed by atoms with Gasteiger partial charge in [-0.3, -0.25) is 4.79 Å². The number of pyridine rings is 1. The van der Waals surface area contributed by atoms with E-state index in [1.807, 2.05) is 0 Å². The maximum absolute atomic E-state index is 13.8. The largest absolute Gasteiger partial charge is 0.487 e. The van der Waals surface area contributed by atoms with Gasteiger partial charge in [0.25, 0.3) is 5.56 Å². The van der Waals surface area contributed by atoms with Crippen LogP contribution in [0.2, 0.25) is 0 Å². The molecule has 1 N–H and O–H groups in total. The van der Waals surface area contributed by atoms with E-state index in [4.69, 9.17) is 4.74 Å². The number of ether oxygens (including phenoxy) is 1. The van der Waals surface area contributed by atoms with Crippen molar-refractivity contribution < 1.29 is 9.13 Å². The van der Waals surface area contributed by atoms with Crippen LogP contribution in [-0.4, -0.2) is 24.8 Å². The second-order valence-corrected chi connectivity index (χ2v) is 4.00. The molecule has 96 valence electrons. The van der Waals surface area contributed by atoms with Crippen LogP contribution in [0.3, 0.4) is 0 Å². The SMILES string of the molecule is CNCCOc1c(F)ccc2ccc(=O)n(C)c12. The van der Waals surface area contributed by atoms with E-state index >= 15 is 0 Å². The normalized spacial score (nSPS) is 10.8. The Morgan fingerprint density at radius 1 is 1.33 bits per heavy atom. The molecule has 18 heavy (non-hydrogen) atoms. The first kappa shape index (κ1) is 12.6. The number of hydrogen-bond donors (Lipinski definition) is 1. The summed E-state index contributed by atoms with van der Waals surface area (Å²) in [5, 5.41) is 3.69. The molecular weight excluding hydrogens is 235 g/mol. The highest BCUT2D eigenvalue weighted by Crippen LogP contribution is 2.27. The highest BCUT2D eigenvalue weighted by molar-refractivity contribution is 5.85. The van der Waals surface area contributed by atoms with E-state index in [1.54, 1.807) is 26.2 Å². The Labute approximate surface area is 104 Å². The summed E-state index contributed by atoms with van der Waals surface area (Å²) < 4.78 is 20.6. The van der Waals surface area contributed by atoms with Gasteiger partial charge in [0.1, 0.15) is 6.61 Å². The molecule has 0 aliphatic carbocycles. The summed E-state index contributed by atoms with van der Waals surface area (Å²) in [6.45, 7) is 0.951. The summed E-state index contributed by atoms with van der Waals surface area (Å²) >= 11 is 0. The number of hydrogen-bond acceptors (Lipinski definition) is 3. The monoisotopic (exact) mass is 250 g/mol. The third kappa shape index (κ3) is 2.22. The van der Waals surface area contributed by atoms with E-state index in [9.17, 15) is 9.18 Å². The molecule has 2 rings (SSSR count). The fraction of sp³-hybridized carbons (Fsp3) is 0.308. The zero-order chi connectivity index (χ0) is 13.1. The Morgan fingerprint density at radius 2 is 2.06 bits per heavy atom. The molecule has 0 saturated carbocycles. The van der Waals surface area contributed by atoms with Crippen molar-refractivity contribution in [3.8, 4) is 5.75 Å². The van der Waals surface area contributed by atoms with E-state index in [1.165, 1.54) is 16.7 Å². The van der Waals surface area contributed by atoms with Crippen LogP contribution in [0, 0.1) is 5.82 Å². The van der Waals surface area contributed by atoms with Gasteiger partial charge < -0.3 is 14.6 Å². The Kier molecular flexibility index (Phi) is 3.62. The summed E-state index contributed by atoms with van der Waals surface area (Å²) in [5.41, 5.74) is 0.296. The molecule has 0 saturated heterocycles. The zero-order valence-corrected chi connectivity index (χ0v) is 10.4. The Morgan fingerprint density at radius 3 is 2.78 bits per heavy atom. The second-order valence-electron chi connectivity index (χ2n) is 4.00. The molecule has 5 heteroatoms. The summed E-state index contributed by atoms with van der Waals surface area (Å²) in [7, 11) is 3.40. The quantitative estimate of drug-likeness (QED) is 0.831. The topological polar surface area (TPSA) is 43.3 Å². The van der Waals surface area contributed by atoms with Gasteiger partial charge in [-0.15, -0.1) is 0 Å². The smallest absolute Gasteiger partial charge is 0.250 e. The van der Waals surface area contributed by atoms with Crippen LogP contribution < -0.4 is 15.6 Å². The summed E-state index contributed by atoms with van der Waals surface area (Å²) in [6.07, 6.45) is 0. The maximum Gasteiger partial charge on any atom is 0.250 e. The molecule has 0 spiro atoms. The average Bonchev–Trinajstić information content (AvgIpc) is 2.36. The number of nitrogens with zero attached hydrogens (tertiary/aromatic N) is 1. The van der Waals surface area contributed by atoms with Crippen LogP contribution in [-0.2, 0) is 7.05 Å². The highest BCUT2D eigenvalue weighted by atomic mass is 19.1. The predicted octanol–water partition coefficient (Wildman–Crippen LogP) is 1.28. The minimum atomic E-state index is -0.459. The van der Waals surface area contributed by atoms with Crippen molar-refractivity contribution in [1.29, 1.82) is 0 Å². The van der Waals surface area contributed by atoms with Crippen LogP contribution in [0.4, 0.5) is 4.39 Å². The minimum Gasteiger partial charge on any atom is -0.487 e. The number of likely N-dealkylation sites (N-methyl/N-ethyl adjacent to an activating group) is 1. The maximum atomic E-state index is 13.8. The number of nitrogens with one attached hydrogen (secondary N) is 1. The Bertz CT molecular complexity index is 622. The lowest BCUT2D eigenvalue weighted by Crippen LogP contribution is -2.19. The van der Waals surface area contributed by atoms with Crippen LogP contribution in [0.5, 0.6) is 5.75 Å². The molecule has 0 fully saturated rings. The molecule has 4 nitrogen and oxygen atoms in total. The van der Waals surface area contributed by atoms with Gasteiger partial charge in [0, 0.05) is 25.0 Å². The molecule has 0 atom stereocenters. The minimum absolute atomic E-state index is 0.128. The molecule has 0 amide bonds. The molecule has 0 bridgehead atoms. The van der Waals surface area contributed by atoms with E-state index in [0.717, 1.165) is 5.39 Å². The molecule has 1 aromatic carbocycles. The molecule has 0 radical (unpaired) electrons. The van der Waals surface area contributed by atoms with Crippen molar-refractivity contribution in [2.75, 3.05) is 20.2 Å². The van der Waals surface area contributed by atoms with Gasteiger partial charge >= 0.3 is 0 Å². The summed E-state index contributed by atoms with van der Waals surface area (Å²) in [5.74, 6) is -0.331. The van der Waals surface area contributed by atoms with E-state index in [0.29, 0.717) is 18.7 Å². The van der Waals surface area contributed by atoms with Gasteiger partial charge in [-0.1, -0.05) is 0 Å². The number of halogens is 1. The van der Waals surface area contributed by atoms with Crippen molar-refractivity contribution >= 4 is 10.9 Å². The van der Waals surface area contributed by atoms with Crippen LogP contribution in [0.15, 0.2) is 29.1 Å². The highest BCUT2D eigenvalue weighted by Gasteiger charge is 2.12. The summed E-state index contributed by atoms with van der Waals surface area (Å²) in [4.78, 5) is 11.6. The first-order valence-corrected chi connectivity index (χ1v) is 5.71. The van der Waals surface area contributed by atoms with Crippen molar-refractivity contribution in [1.82, 2.24) is 9.88 Å². The van der Waals surface area contributed by atoms with Gasteiger partial charge in [-0.05, 0) is 25.2 Å². The van der Waals surface area contributed by atoms with Gasteiger partial charge in [-0.2, -0.15) is 0 Å². The third-order valence-corrected chi connectivity index (χ3v) is 2.78. The van der Waals surface area contributed by atoms with Crippen LogP contribution in [0.25, 0.3) is 10.9 Å². The van der Waals surface area contributed by atoms with Crippen LogP contribution in [0.1, 0.15) is 0 Å². The van der Waals surface area contributed by atoms with Crippen LogP contribution >= 0.6 is 0 Å². The molecule has 1 aromatic heterocycles. The summed E-state index contributed by atoms with van der Waals surface area (Å²) in [6, 6.07) is 6.11. The first-order chi connectivity index (χ1) is 8.65. The van der Waals surface area contributed by atoms with Crippen molar-refractivity contribution in [3.05, 3.63) is 40.4 Å². The van der Waals surface area contributed by atoms with Crippen molar-refractivity contribution in [2.24, 2.45) is 7.05 Å². The molecule has 0 aliphatic rings. The Hall–Kier alpha value is -1.88. The Balaban J connectivity index is 2.58. The van der Waals surface area contributed by atoms with E-state index in [-0.39, 0.29) is 11.3 Å². The standard InChI is InChI=1S/C13H15FN2O2/c1-15-7-8-18-13-10(14)5-3-9-4-6-11(17)16(2)12(9)13/h3-6,15H,7-8H2,1-2H3. The number of fused-ring (bicyclic) bond motifs is 1. The van der Waals surface area contributed by atoms with E-state index < -0.39 is 5.82 Å². The fourth-order valence-electron chi connectivity index (χ4n) is 1.82. The van der Waals surface area contributed by atoms with Gasteiger partial charge in [-0.25, -0.2) is 4.39 Å².